The van der Waals surface area contributed by atoms with Crippen LogP contribution in [-0.2, 0) is 20.2 Å². The number of imidazole rings is 1. The second kappa shape index (κ2) is 8.99. The Morgan fingerprint density at radius 3 is 2.70 bits per heavy atom. The van der Waals surface area contributed by atoms with Crippen LogP contribution in [0.5, 0.6) is 6.01 Å². The van der Waals surface area contributed by atoms with E-state index in [2.05, 4.69) is 77.9 Å². The molecular weight excluding hydrogens is 484 g/mol. The number of aromatic nitrogens is 7. The number of ether oxygens (including phenoxy) is 1. The molecule has 5 rings (SSSR count). The van der Waals surface area contributed by atoms with Crippen molar-refractivity contribution < 1.29 is 4.74 Å². The molecule has 0 saturated carbocycles. The predicted molar refractivity (Wildman–Crippen MR) is 128 cm³/mol. The van der Waals surface area contributed by atoms with Gasteiger partial charge in [0.25, 0.3) is 5.95 Å². The quantitative estimate of drug-likeness (QED) is 0.354. The summed E-state index contributed by atoms with van der Waals surface area (Å²) < 4.78 is 10.3. The largest absolute Gasteiger partial charge is 0.458 e. The maximum Gasteiger partial charge on any atom is 0.305 e. The van der Waals surface area contributed by atoms with Gasteiger partial charge in [-0.3, -0.25) is 0 Å². The van der Waals surface area contributed by atoms with Crippen molar-refractivity contribution in [2.24, 2.45) is 7.05 Å². The van der Waals surface area contributed by atoms with Gasteiger partial charge in [0.05, 0.1) is 11.2 Å². The van der Waals surface area contributed by atoms with Crippen LogP contribution in [0.15, 0.2) is 65.1 Å². The molecule has 0 aliphatic rings. The van der Waals surface area contributed by atoms with Crippen LogP contribution < -0.4 is 10.1 Å². The molecule has 0 saturated heterocycles. The van der Waals surface area contributed by atoms with Crippen LogP contribution >= 0.6 is 15.9 Å². The summed E-state index contributed by atoms with van der Waals surface area (Å²) in [6.45, 7) is 3.02. The summed E-state index contributed by atoms with van der Waals surface area (Å²) in [6.07, 6.45) is 0. The van der Waals surface area contributed by atoms with E-state index in [1.54, 1.807) is 16.3 Å². The third kappa shape index (κ3) is 4.42. The van der Waals surface area contributed by atoms with Crippen molar-refractivity contribution in [1.82, 2.24) is 34.7 Å². The van der Waals surface area contributed by atoms with E-state index in [0.717, 1.165) is 27.0 Å². The van der Waals surface area contributed by atoms with Gasteiger partial charge in [0.2, 0.25) is 0 Å². The highest BCUT2D eigenvalue weighted by Crippen LogP contribution is 2.30. The van der Waals surface area contributed by atoms with Crippen molar-refractivity contribution in [3.05, 3.63) is 82.0 Å². The van der Waals surface area contributed by atoms with Crippen LogP contribution in [0, 0.1) is 6.92 Å². The fourth-order valence-corrected chi connectivity index (χ4v) is 4.00. The number of hydrogen-bond acceptors (Lipinski definition) is 7. The molecule has 0 unspecified atom stereocenters. The minimum Gasteiger partial charge on any atom is -0.458 e. The Labute approximate surface area is 198 Å². The molecule has 166 valence electrons. The number of benzene rings is 2. The molecule has 0 amide bonds. The van der Waals surface area contributed by atoms with Gasteiger partial charge >= 0.3 is 6.01 Å². The number of rotatable bonds is 7. The lowest BCUT2D eigenvalue weighted by atomic mass is 10.1. The van der Waals surface area contributed by atoms with Gasteiger partial charge in [-0.25, -0.2) is 14.2 Å². The molecule has 0 spiro atoms. The first kappa shape index (κ1) is 21.1. The van der Waals surface area contributed by atoms with Crippen LogP contribution in [0.2, 0.25) is 0 Å². The van der Waals surface area contributed by atoms with Crippen LogP contribution in [0.1, 0.15) is 16.8 Å². The van der Waals surface area contributed by atoms with Gasteiger partial charge in [-0.05, 0) is 63.1 Å². The summed E-state index contributed by atoms with van der Waals surface area (Å²) in [4.78, 5) is 9.35. The Hall–Kier alpha value is -3.79. The van der Waals surface area contributed by atoms with Crippen LogP contribution in [0.3, 0.4) is 0 Å². The number of fused-ring (bicyclic) bond motifs is 1. The van der Waals surface area contributed by atoms with E-state index in [1.807, 2.05) is 36.4 Å². The zero-order valence-corrected chi connectivity index (χ0v) is 19.7. The van der Waals surface area contributed by atoms with E-state index in [9.17, 15) is 0 Å². The first-order valence-electron chi connectivity index (χ1n) is 10.4. The lowest BCUT2D eigenvalue weighted by molar-refractivity contribution is 0.272. The monoisotopic (exact) mass is 504 g/mol. The number of para-hydroxylation sites is 1. The SMILES string of the molecule is Cc1cccc(CNc2cccc(COc3nc4c(Br)cccc4n3-c3nnnn3C)n2)c1. The molecule has 0 fully saturated rings. The lowest BCUT2D eigenvalue weighted by Gasteiger charge is -2.10. The van der Waals surface area contributed by atoms with E-state index < -0.39 is 0 Å². The highest BCUT2D eigenvalue weighted by molar-refractivity contribution is 9.10. The summed E-state index contributed by atoms with van der Waals surface area (Å²) in [5.74, 6) is 1.29. The van der Waals surface area contributed by atoms with E-state index in [4.69, 9.17) is 4.74 Å². The summed E-state index contributed by atoms with van der Waals surface area (Å²) in [5.41, 5.74) is 4.81. The third-order valence-electron chi connectivity index (χ3n) is 5.11. The highest BCUT2D eigenvalue weighted by Gasteiger charge is 2.19. The molecule has 3 heterocycles. The second-order valence-corrected chi connectivity index (χ2v) is 8.44. The molecule has 9 nitrogen and oxygen atoms in total. The number of nitrogens with one attached hydrogen (secondary N) is 1. The molecule has 3 aromatic heterocycles. The fourth-order valence-electron chi connectivity index (χ4n) is 3.56. The van der Waals surface area contributed by atoms with Crippen LogP contribution in [0.25, 0.3) is 17.0 Å². The zero-order chi connectivity index (χ0) is 22.8. The summed E-state index contributed by atoms with van der Waals surface area (Å²) in [6, 6.07) is 20.4. The topological polar surface area (TPSA) is 95.6 Å². The third-order valence-corrected chi connectivity index (χ3v) is 5.75. The molecule has 0 atom stereocenters. The van der Waals surface area contributed by atoms with Gasteiger partial charge in [-0.2, -0.15) is 4.98 Å². The molecule has 10 heteroatoms. The van der Waals surface area contributed by atoms with Crippen molar-refractivity contribution in [3.63, 3.8) is 0 Å². The Kier molecular flexibility index (Phi) is 5.74. The van der Waals surface area contributed by atoms with Gasteiger partial charge in [0, 0.05) is 18.1 Å². The Morgan fingerprint density at radius 1 is 1.03 bits per heavy atom. The summed E-state index contributed by atoms with van der Waals surface area (Å²) in [5, 5.41) is 15.2. The van der Waals surface area contributed by atoms with Gasteiger partial charge in [0.15, 0.2) is 0 Å². The van der Waals surface area contributed by atoms with E-state index in [1.165, 1.54) is 11.1 Å². The van der Waals surface area contributed by atoms with Gasteiger partial charge in [-0.15, -0.1) is 0 Å². The minimum atomic E-state index is 0.242. The lowest BCUT2D eigenvalue weighted by Crippen LogP contribution is -2.09. The number of anilines is 1. The van der Waals surface area contributed by atoms with Crippen molar-refractivity contribution in [2.75, 3.05) is 5.32 Å². The Balaban J connectivity index is 1.38. The number of halogens is 1. The molecule has 1 N–H and O–H groups in total. The molecule has 5 aromatic rings. The van der Waals surface area contributed by atoms with Gasteiger partial charge in [-0.1, -0.05) is 47.1 Å². The number of pyridine rings is 1. The smallest absolute Gasteiger partial charge is 0.305 e. The van der Waals surface area contributed by atoms with Gasteiger partial charge in [0.1, 0.15) is 17.9 Å². The van der Waals surface area contributed by atoms with E-state index in [-0.39, 0.29) is 6.61 Å². The molecular formula is C23H21BrN8O. The van der Waals surface area contributed by atoms with Crippen molar-refractivity contribution in [3.8, 4) is 12.0 Å². The average Bonchev–Trinajstić information content (AvgIpc) is 3.40. The molecule has 0 radical (unpaired) electrons. The Morgan fingerprint density at radius 2 is 1.88 bits per heavy atom. The van der Waals surface area contributed by atoms with E-state index >= 15 is 0 Å². The first-order chi connectivity index (χ1) is 16.1. The maximum absolute atomic E-state index is 6.11. The van der Waals surface area contributed by atoms with E-state index in [0.29, 0.717) is 18.5 Å². The summed E-state index contributed by atoms with van der Waals surface area (Å²) in [7, 11) is 1.77. The van der Waals surface area contributed by atoms with Crippen LogP contribution in [-0.4, -0.2) is 34.7 Å². The summed E-state index contributed by atoms with van der Waals surface area (Å²) >= 11 is 3.56. The van der Waals surface area contributed by atoms with Gasteiger partial charge < -0.3 is 10.1 Å². The number of hydrogen-bond donors (Lipinski definition) is 1. The maximum atomic E-state index is 6.11. The Bertz CT molecular complexity index is 1430. The molecule has 0 aliphatic carbocycles. The number of aryl methyl sites for hydroxylation is 2. The normalized spacial score (nSPS) is 11.1. The number of tetrazole rings is 1. The van der Waals surface area contributed by atoms with Crippen LogP contribution in [0.4, 0.5) is 5.82 Å². The fraction of sp³-hybridized carbons (Fsp3) is 0.174. The number of nitrogens with zero attached hydrogens (tertiary/aromatic N) is 7. The zero-order valence-electron chi connectivity index (χ0n) is 18.1. The molecule has 0 bridgehead atoms. The van der Waals surface area contributed by atoms with Crippen molar-refractivity contribution in [2.45, 2.75) is 20.1 Å². The molecule has 33 heavy (non-hydrogen) atoms. The predicted octanol–water partition coefficient (Wildman–Crippen LogP) is 4.21. The highest BCUT2D eigenvalue weighted by atomic mass is 79.9. The second-order valence-electron chi connectivity index (χ2n) is 7.59. The van der Waals surface area contributed by atoms with Crippen molar-refractivity contribution in [1.29, 1.82) is 0 Å². The average molecular weight is 505 g/mol. The standard InChI is InChI=1S/C23H21BrN8O/c1-15-6-3-7-16(12-15)13-25-20-11-4-8-17(26-20)14-33-23-27-21-18(24)9-5-10-19(21)32(23)22-28-29-30-31(22)2/h3-12H,13-14H2,1-2H3,(H,25,26). The molecule has 0 aliphatic heterocycles. The molecule has 2 aromatic carbocycles. The van der Waals surface area contributed by atoms with Crippen molar-refractivity contribution >= 4 is 32.8 Å². The minimum absolute atomic E-state index is 0.242. The first-order valence-corrected chi connectivity index (χ1v) is 11.2.